The first kappa shape index (κ1) is 12.8. The first-order chi connectivity index (χ1) is 7.52. The van der Waals surface area contributed by atoms with Crippen molar-refractivity contribution in [1.82, 2.24) is 0 Å². The van der Waals surface area contributed by atoms with Gasteiger partial charge in [-0.3, -0.25) is 4.79 Å². The Morgan fingerprint density at radius 1 is 1.38 bits per heavy atom. The van der Waals surface area contributed by atoms with Crippen molar-refractivity contribution in [3.8, 4) is 0 Å². The van der Waals surface area contributed by atoms with Gasteiger partial charge in [-0.05, 0) is 24.6 Å². The van der Waals surface area contributed by atoms with E-state index in [-0.39, 0.29) is 24.7 Å². The van der Waals surface area contributed by atoms with Gasteiger partial charge in [0.2, 0.25) is 0 Å². The lowest BCUT2D eigenvalue weighted by Crippen LogP contribution is -2.14. The number of ether oxygens (including phenoxy) is 1. The van der Waals surface area contributed by atoms with Gasteiger partial charge in [0.15, 0.2) is 11.6 Å². The monoisotopic (exact) mass is 228 g/mol. The highest BCUT2D eigenvalue weighted by molar-refractivity contribution is 5.81. The lowest BCUT2D eigenvalue weighted by Gasteiger charge is -2.08. The van der Waals surface area contributed by atoms with Crippen molar-refractivity contribution in [2.75, 3.05) is 7.11 Å². The van der Waals surface area contributed by atoms with E-state index in [1.807, 2.05) is 0 Å². The second-order valence-electron chi connectivity index (χ2n) is 3.71. The summed E-state index contributed by atoms with van der Waals surface area (Å²) in [5.41, 5.74) is 0.479. The molecule has 4 heteroatoms. The molecule has 0 N–H and O–H groups in total. The van der Waals surface area contributed by atoms with E-state index in [9.17, 15) is 13.6 Å². The molecule has 0 aliphatic carbocycles. The number of Topliss-reactive ketones (excluding diaryl/α,β-unsaturated/α-hetero) is 1. The third-order valence-corrected chi connectivity index (χ3v) is 2.30. The lowest BCUT2D eigenvalue weighted by atomic mass is 10.0. The van der Waals surface area contributed by atoms with Gasteiger partial charge in [-0.25, -0.2) is 8.78 Å². The highest BCUT2D eigenvalue weighted by Crippen LogP contribution is 2.10. The van der Waals surface area contributed by atoms with Crippen molar-refractivity contribution in [2.24, 2.45) is 0 Å². The molecule has 0 saturated heterocycles. The summed E-state index contributed by atoms with van der Waals surface area (Å²) in [7, 11) is 1.52. The van der Waals surface area contributed by atoms with E-state index in [0.29, 0.717) is 5.56 Å². The Bertz CT molecular complexity index is 377. The lowest BCUT2D eigenvalue weighted by molar-refractivity contribution is -0.120. The molecular formula is C12H14F2O2. The van der Waals surface area contributed by atoms with Gasteiger partial charge < -0.3 is 4.74 Å². The Kier molecular flexibility index (Phi) is 4.55. The summed E-state index contributed by atoms with van der Waals surface area (Å²) in [6, 6.07) is 3.48. The molecular weight excluding hydrogens is 214 g/mol. The van der Waals surface area contributed by atoms with Gasteiger partial charge in [0.25, 0.3) is 0 Å². The molecule has 1 aromatic carbocycles. The summed E-state index contributed by atoms with van der Waals surface area (Å²) in [6.45, 7) is 1.78. The van der Waals surface area contributed by atoms with Crippen LogP contribution in [0.4, 0.5) is 8.78 Å². The van der Waals surface area contributed by atoms with Crippen molar-refractivity contribution < 1.29 is 18.3 Å². The molecule has 0 spiro atoms. The van der Waals surface area contributed by atoms with Gasteiger partial charge >= 0.3 is 0 Å². The predicted molar refractivity (Wildman–Crippen MR) is 56.2 cm³/mol. The number of ketones is 1. The van der Waals surface area contributed by atoms with E-state index in [1.54, 1.807) is 6.92 Å². The Morgan fingerprint density at radius 3 is 2.62 bits per heavy atom. The second-order valence-corrected chi connectivity index (χ2v) is 3.71. The number of benzene rings is 1. The van der Waals surface area contributed by atoms with Crippen LogP contribution in [0, 0.1) is 11.6 Å². The van der Waals surface area contributed by atoms with Crippen molar-refractivity contribution in [2.45, 2.75) is 25.9 Å². The number of rotatable bonds is 5. The van der Waals surface area contributed by atoms with Crippen molar-refractivity contribution >= 4 is 5.78 Å². The van der Waals surface area contributed by atoms with Crippen LogP contribution < -0.4 is 0 Å². The number of methoxy groups -OCH3 is 1. The average Bonchev–Trinajstić information content (AvgIpc) is 2.23. The van der Waals surface area contributed by atoms with Gasteiger partial charge in [0.05, 0.1) is 6.10 Å². The molecule has 1 aromatic rings. The molecule has 0 heterocycles. The summed E-state index contributed by atoms with van der Waals surface area (Å²) in [5.74, 6) is -1.88. The molecule has 2 nitrogen and oxygen atoms in total. The molecule has 1 atom stereocenters. The zero-order valence-corrected chi connectivity index (χ0v) is 9.30. The largest absolute Gasteiger partial charge is 0.381 e. The minimum atomic E-state index is -0.926. The Labute approximate surface area is 93.2 Å². The van der Waals surface area contributed by atoms with E-state index >= 15 is 0 Å². The van der Waals surface area contributed by atoms with E-state index in [1.165, 1.54) is 13.2 Å². The Hall–Kier alpha value is -1.29. The Morgan fingerprint density at radius 2 is 2.06 bits per heavy atom. The third kappa shape index (κ3) is 3.70. The van der Waals surface area contributed by atoms with Gasteiger partial charge in [-0.2, -0.15) is 0 Å². The molecule has 16 heavy (non-hydrogen) atoms. The smallest absolute Gasteiger partial charge is 0.159 e. The fourth-order valence-electron chi connectivity index (χ4n) is 1.35. The maximum absolute atomic E-state index is 12.8. The van der Waals surface area contributed by atoms with E-state index in [2.05, 4.69) is 0 Å². The summed E-state index contributed by atoms with van der Waals surface area (Å²) in [5, 5.41) is 0. The normalized spacial score (nSPS) is 12.5. The molecule has 0 radical (unpaired) electrons. The highest BCUT2D eigenvalue weighted by Gasteiger charge is 2.10. The standard InChI is InChI=1S/C12H14F2O2/c1-8(16-2)5-10(15)6-9-3-4-11(13)12(14)7-9/h3-4,7-8H,5-6H2,1-2H3. The molecule has 0 amide bonds. The summed E-state index contributed by atoms with van der Waals surface area (Å²) < 4.78 is 30.4. The topological polar surface area (TPSA) is 26.3 Å². The summed E-state index contributed by atoms with van der Waals surface area (Å²) >= 11 is 0. The van der Waals surface area contributed by atoms with Crippen LogP contribution in [0.2, 0.25) is 0 Å². The van der Waals surface area contributed by atoms with Crippen molar-refractivity contribution in [1.29, 1.82) is 0 Å². The average molecular weight is 228 g/mol. The van der Waals surface area contributed by atoms with Gasteiger partial charge in [0.1, 0.15) is 5.78 Å². The molecule has 1 rings (SSSR count). The van der Waals surface area contributed by atoms with Crippen LogP contribution in [-0.4, -0.2) is 19.0 Å². The number of carbonyl (C=O) groups is 1. The zero-order chi connectivity index (χ0) is 12.1. The van der Waals surface area contributed by atoms with Crippen LogP contribution in [-0.2, 0) is 16.0 Å². The van der Waals surface area contributed by atoms with E-state index in [4.69, 9.17) is 4.74 Å². The molecule has 0 fully saturated rings. The minimum absolute atomic E-state index is 0.0552. The van der Waals surface area contributed by atoms with Crippen LogP contribution in [0.15, 0.2) is 18.2 Å². The molecule has 0 bridgehead atoms. The minimum Gasteiger partial charge on any atom is -0.381 e. The van der Waals surface area contributed by atoms with E-state index in [0.717, 1.165) is 12.1 Å². The van der Waals surface area contributed by atoms with Gasteiger partial charge in [-0.15, -0.1) is 0 Å². The first-order valence-corrected chi connectivity index (χ1v) is 5.01. The van der Waals surface area contributed by atoms with Crippen LogP contribution >= 0.6 is 0 Å². The van der Waals surface area contributed by atoms with Gasteiger partial charge in [0, 0.05) is 20.0 Å². The molecule has 1 unspecified atom stereocenters. The molecule has 0 aliphatic rings. The van der Waals surface area contributed by atoms with Crippen molar-refractivity contribution in [3.05, 3.63) is 35.4 Å². The fourth-order valence-corrected chi connectivity index (χ4v) is 1.35. The number of halogens is 2. The van der Waals surface area contributed by atoms with Crippen LogP contribution in [0.1, 0.15) is 18.9 Å². The summed E-state index contributed by atoms with van der Waals surface area (Å²) in [4.78, 5) is 11.5. The number of hydrogen-bond acceptors (Lipinski definition) is 2. The second kappa shape index (κ2) is 5.70. The molecule has 0 aromatic heterocycles. The van der Waals surface area contributed by atoms with Gasteiger partial charge in [-0.1, -0.05) is 6.07 Å². The number of hydrogen-bond donors (Lipinski definition) is 0. The fraction of sp³-hybridized carbons (Fsp3) is 0.417. The SMILES string of the molecule is COC(C)CC(=O)Cc1ccc(F)c(F)c1. The summed E-state index contributed by atoms with van der Waals surface area (Å²) in [6.07, 6.45) is 0.221. The van der Waals surface area contributed by atoms with Crippen LogP contribution in [0.25, 0.3) is 0 Å². The third-order valence-electron chi connectivity index (χ3n) is 2.30. The Balaban J connectivity index is 2.59. The first-order valence-electron chi connectivity index (χ1n) is 5.01. The highest BCUT2D eigenvalue weighted by atomic mass is 19.2. The maximum Gasteiger partial charge on any atom is 0.159 e. The molecule has 0 saturated carbocycles. The molecule has 88 valence electrons. The molecule has 0 aliphatic heterocycles. The van der Waals surface area contributed by atoms with Crippen LogP contribution in [0.3, 0.4) is 0 Å². The van der Waals surface area contributed by atoms with Crippen molar-refractivity contribution in [3.63, 3.8) is 0 Å². The maximum atomic E-state index is 12.8. The quantitative estimate of drug-likeness (QED) is 0.774. The predicted octanol–water partition coefficient (Wildman–Crippen LogP) is 2.50. The van der Waals surface area contributed by atoms with Crippen LogP contribution in [0.5, 0.6) is 0 Å². The number of carbonyl (C=O) groups excluding carboxylic acids is 1. The zero-order valence-electron chi connectivity index (χ0n) is 9.30. The van der Waals surface area contributed by atoms with E-state index < -0.39 is 11.6 Å².